The van der Waals surface area contributed by atoms with E-state index in [9.17, 15) is 4.79 Å². The summed E-state index contributed by atoms with van der Waals surface area (Å²) in [5.41, 5.74) is -2.04. The topological polar surface area (TPSA) is 105 Å². The average Bonchev–Trinajstić information content (AvgIpc) is 3.55. The molecule has 3 heterocycles. The smallest absolute Gasteiger partial charge is 0.399 e. The van der Waals surface area contributed by atoms with Gasteiger partial charge in [0.2, 0.25) is 5.91 Å². The molecule has 2 amide bonds. The molecule has 0 radical (unpaired) electrons. The van der Waals surface area contributed by atoms with Crippen molar-refractivity contribution in [2.24, 2.45) is 0 Å². The number of hydrogen-bond acceptors (Lipinski definition) is 8. The molecule has 6 rings (SSSR count). The van der Waals surface area contributed by atoms with Gasteiger partial charge in [-0.25, -0.2) is 4.39 Å². The number of benzene rings is 3. The number of amides is 2. The largest absolute Gasteiger partial charge is 0.494 e. The van der Waals surface area contributed by atoms with E-state index in [1.165, 1.54) is 11.0 Å². The summed E-state index contributed by atoms with van der Waals surface area (Å²) in [7, 11) is -2.26. The van der Waals surface area contributed by atoms with Crippen molar-refractivity contribution in [3.63, 3.8) is 0 Å². The van der Waals surface area contributed by atoms with Gasteiger partial charge in [-0.1, -0.05) is 36.4 Å². The van der Waals surface area contributed by atoms with Crippen molar-refractivity contribution in [1.29, 1.82) is 0 Å². The van der Waals surface area contributed by atoms with E-state index in [1.54, 1.807) is 54.6 Å². The predicted octanol–water partition coefficient (Wildman–Crippen LogP) is 6.03. The molecule has 0 aliphatic carbocycles. The van der Waals surface area contributed by atoms with Crippen LogP contribution in [0, 0.1) is 5.82 Å². The molecule has 57 heavy (non-hydrogen) atoms. The van der Waals surface area contributed by atoms with E-state index in [-0.39, 0.29) is 11.1 Å². The van der Waals surface area contributed by atoms with Crippen molar-refractivity contribution < 1.29 is 41.9 Å². The van der Waals surface area contributed by atoms with Gasteiger partial charge in [0, 0.05) is 22.4 Å². The summed E-state index contributed by atoms with van der Waals surface area (Å²) in [5.74, 6) is -1.81. The second kappa shape index (κ2) is 14.3. The molecule has 3 fully saturated rings. The van der Waals surface area contributed by atoms with Gasteiger partial charge in [-0.2, -0.15) is 0 Å². The lowest BCUT2D eigenvalue weighted by Crippen LogP contribution is -2.50. The third-order valence-corrected chi connectivity index (χ3v) is 12.4. The normalized spacial score (nSPS) is 22.1. The van der Waals surface area contributed by atoms with Crippen LogP contribution in [0.1, 0.15) is 126 Å². The van der Waals surface area contributed by atoms with Crippen LogP contribution in [0.2, 0.25) is 0 Å². The van der Waals surface area contributed by atoms with Gasteiger partial charge in [-0.15, -0.1) is 0 Å². The highest BCUT2D eigenvalue weighted by Gasteiger charge is 2.54. The zero-order valence-corrected chi connectivity index (χ0v) is 36.3. The number of halogens is 1. The highest BCUT2D eigenvalue weighted by atomic mass is 19.1. The summed E-state index contributed by atoms with van der Waals surface area (Å²) < 4.78 is 54.5. The summed E-state index contributed by atoms with van der Waals surface area (Å²) in [5, 5.41) is 3.02. The van der Waals surface area contributed by atoms with Crippen LogP contribution < -0.4 is 26.6 Å². The van der Waals surface area contributed by atoms with Crippen LogP contribution in [-0.2, 0) is 32.7 Å². The minimum absolute atomic E-state index is 0.0329. The maximum Gasteiger partial charge on any atom is 0.494 e. The number of nitrogens with zero attached hydrogens (tertiary/aromatic N) is 1. The highest BCUT2D eigenvalue weighted by Crippen LogP contribution is 2.40. The second-order valence-electron chi connectivity index (χ2n) is 19.6. The number of nitrogens with one attached hydrogen (secondary N) is 1. The monoisotopic (exact) mass is 782 g/mol. The fourth-order valence-electron chi connectivity index (χ4n) is 6.82. The molecule has 0 aromatic heterocycles. The molecule has 3 aromatic carbocycles. The number of carbonyl (C=O) groups excluding carboxylic acids is 2. The van der Waals surface area contributed by atoms with Crippen LogP contribution in [0.5, 0.6) is 0 Å². The van der Waals surface area contributed by atoms with E-state index in [0.717, 1.165) is 5.46 Å². The van der Waals surface area contributed by atoms with Crippen LogP contribution in [-0.4, -0.2) is 72.3 Å². The molecule has 304 valence electrons. The quantitative estimate of drug-likeness (QED) is 0.277. The Balaban J connectivity index is 1.49. The molecule has 1 N–H and O–H groups in total. The number of carbonyl (C=O) groups is 2. The zero-order chi connectivity index (χ0) is 42.3. The Morgan fingerprint density at radius 1 is 0.596 bits per heavy atom. The van der Waals surface area contributed by atoms with Crippen molar-refractivity contribution in [2.45, 2.75) is 149 Å². The molecular weight excluding hydrogens is 724 g/mol. The first-order chi connectivity index (χ1) is 26.0. The predicted molar refractivity (Wildman–Crippen MR) is 224 cm³/mol. The Morgan fingerprint density at radius 2 is 1.00 bits per heavy atom. The minimum atomic E-state index is -1.48. The Morgan fingerprint density at radius 3 is 1.44 bits per heavy atom. The molecule has 1 atom stereocenters. The molecule has 0 spiro atoms. The zero-order valence-electron chi connectivity index (χ0n) is 36.3. The summed E-state index contributed by atoms with van der Waals surface area (Å²) >= 11 is 0. The lowest BCUT2D eigenvalue weighted by Gasteiger charge is -2.34. The standard InChI is InChI=1S/C43H58B3FN2O8/c1-37(2,3)48-35(50)34(32-26-30(21-24-33(32)47)46-56-42(12,13)43(14,15)57-46)49(31-22-19-28(20-23-31)44-52-38(4,5)39(6,7)53-44)36(51)27-17-16-18-29(25-27)45-54-40(8,9)41(10,11)55-45/h16-26,34H,1-15H3,(H,48,50). The van der Waals surface area contributed by atoms with Gasteiger partial charge in [0.25, 0.3) is 5.91 Å². The van der Waals surface area contributed by atoms with Crippen LogP contribution in [0.25, 0.3) is 0 Å². The third-order valence-electron chi connectivity index (χ3n) is 12.4. The molecule has 3 aliphatic heterocycles. The first-order valence-electron chi connectivity index (χ1n) is 19.8. The Bertz CT molecular complexity index is 1980. The number of hydrogen-bond donors (Lipinski definition) is 1. The van der Waals surface area contributed by atoms with E-state index in [4.69, 9.17) is 27.9 Å². The summed E-state index contributed by atoms with van der Waals surface area (Å²) in [6.07, 6.45) is 0. The molecule has 0 bridgehead atoms. The Kier molecular flexibility index (Phi) is 10.8. The average molecular weight is 782 g/mol. The van der Waals surface area contributed by atoms with Gasteiger partial charge in [0.1, 0.15) is 11.9 Å². The SMILES string of the molecule is CC(C)(C)NC(=O)C(c1cc(B2OC(C)(C)C(C)(C)O2)ccc1F)N(C(=O)c1cccc(B2OC(C)(C)C(C)(C)O2)c1)c1ccc(B2OC(C)(C)C(C)(C)O2)cc1. The molecule has 3 aliphatic rings. The van der Waals surface area contributed by atoms with Crippen molar-refractivity contribution in [1.82, 2.24) is 5.32 Å². The van der Waals surface area contributed by atoms with Crippen molar-refractivity contribution in [3.05, 3.63) is 83.7 Å². The van der Waals surface area contributed by atoms with Gasteiger partial charge in [-0.05, 0) is 151 Å². The Labute approximate surface area is 339 Å². The molecule has 3 saturated heterocycles. The highest BCUT2D eigenvalue weighted by molar-refractivity contribution is 6.63. The molecule has 10 nitrogen and oxygen atoms in total. The van der Waals surface area contributed by atoms with Gasteiger partial charge >= 0.3 is 21.4 Å². The molecule has 0 saturated carbocycles. The molecule has 1 unspecified atom stereocenters. The number of anilines is 1. The number of rotatable bonds is 8. The van der Waals surface area contributed by atoms with Gasteiger partial charge in [-0.3, -0.25) is 14.5 Å². The third kappa shape index (κ3) is 8.23. The lowest BCUT2D eigenvalue weighted by molar-refractivity contribution is -0.124. The Hall–Kier alpha value is -3.52. The van der Waals surface area contributed by atoms with Crippen LogP contribution in [0.3, 0.4) is 0 Å². The molecular formula is C43H58B3FN2O8. The van der Waals surface area contributed by atoms with Crippen molar-refractivity contribution in [3.8, 4) is 0 Å². The van der Waals surface area contributed by atoms with Crippen molar-refractivity contribution >= 4 is 55.2 Å². The fraction of sp³-hybridized carbons (Fsp3) is 0.535. The second-order valence-corrected chi connectivity index (χ2v) is 19.6. The van der Waals surface area contributed by atoms with E-state index in [0.29, 0.717) is 16.6 Å². The van der Waals surface area contributed by atoms with Crippen molar-refractivity contribution in [2.75, 3.05) is 4.90 Å². The summed E-state index contributed by atoms with van der Waals surface area (Å²) in [6, 6.07) is 16.9. The first kappa shape index (κ1) is 43.1. The van der Waals surface area contributed by atoms with Gasteiger partial charge in [0.05, 0.1) is 33.6 Å². The lowest BCUT2D eigenvalue weighted by atomic mass is 9.77. The van der Waals surface area contributed by atoms with Gasteiger partial charge in [0.15, 0.2) is 0 Å². The first-order valence-corrected chi connectivity index (χ1v) is 19.8. The van der Waals surface area contributed by atoms with Crippen LogP contribution in [0.4, 0.5) is 10.1 Å². The minimum Gasteiger partial charge on any atom is -0.399 e. The summed E-state index contributed by atoms with van der Waals surface area (Å²) in [6.45, 7) is 29.0. The van der Waals surface area contributed by atoms with E-state index >= 15 is 9.18 Å². The molecule has 14 heteroatoms. The fourth-order valence-corrected chi connectivity index (χ4v) is 6.82. The maximum absolute atomic E-state index is 16.5. The van der Waals surface area contributed by atoms with Crippen LogP contribution >= 0.6 is 0 Å². The summed E-state index contributed by atoms with van der Waals surface area (Å²) in [4.78, 5) is 31.3. The van der Waals surface area contributed by atoms with Gasteiger partial charge < -0.3 is 33.2 Å². The van der Waals surface area contributed by atoms with E-state index in [1.807, 2.05) is 110 Å². The maximum atomic E-state index is 16.5. The van der Waals surface area contributed by atoms with Crippen LogP contribution in [0.15, 0.2) is 66.7 Å². The molecule has 3 aromatic rings. The van der Waals surface area contributed by atoms with E-state index in [2.05, 4.69) is 5.32 Å². The van der Waals surface area contributed by atoms with E-state index < -0.39 is 84.2 Å².